The molecule has 0 aromatic heterocycles. The Morgan fingerprint density at radius 1 is 0.688 bits per heavy atom. The molecule has 0 atom stereocenters. The normalized spacial score (nSPS) is 15.0. The Hall–Kier alpha value is -3.62. The number of allylic oxidation sites excluding steroid dienone is 4. The Bertz CT molecular complexity index is 2170. The second kappa shape index (κ2) is 12.1. The van der Waals surface area contributed by atoms with E-state index < -0.39 is 33.0 Å². The summed E-state index contributed by atoms with van der Waals surface area (Å²) in [6, 6.07) is 32.3. The van der Waals surface area contributed by atoms with Crippen molar-refractivity contribution in [2.75, 3.05) is 0 Å². The van der Waals surface area contributed by atoms with Crippen molar-refractivity contribution < 1.29 is 34.4 Å². The molecule has 2 aliphatic carbocycles. The zero-order chi connectivity index (χ0) is 34.0. The van der Waals surface area contributed by atoms with Gasteiger partial charge in [0.05, 0.1) is 0 Å². The van der Waals surface area contributed by atoms with E-state index in [-0.39, 0.29) is 10.8 Å². The Kier molecular flexibility index (Phi) is 8.27. The first-order valence-corrected chi connectivity index (χ1v) is 20.5. The molecule has 0 nitrogen and oxygen atoms in total. The molecule has 0 N–H and O–H groups in total. The van der Waals surface area contributed by atoms with Crippen molar-refractivity contribution in [2.45, 2.75) is 71.4 Å². The topological polar surface area (TPSA) is 0 Å². The van der Waals surface area contributed by atoms with Crippen LogP contribution in [-0.4, -0.2) is 3.21 Å². The Morgan fingerprint density at radius 3 is 2.12 bits per heavy atom. The van der Waals surface area contributed by atoms with Gasteiger partial charge in [-0.05, 0) is 0 Å². The van der Waals surface area contributed by atoms with Gasteiger partial charge in [-0.1, -0.05) is 0 Å². The van der Waals surface area contributed by atoms with E-state index in [1.54, 1.807) is 6.07 Å². The summed E-state index contributed by atoms with van der Waals surface area (Å²) in [5, 5.41) is 2.18. The van der Waals surface area contributed by atoms with Crippen LogP contribution in [0.2, 0.25) is 0 Å². The first kappa shape index (κ1) is 32.9. The van der Waals surface area contributed by atoms with E-state index in [9.17, 15) is 13.2 Å². The molecule has 0 spiro atoms. The predicted octanol–water partition coefficient (Wildman–Crippen LogP) is 11.4. The summed E-state index contributed by atoms with van der Waals surface area (Å²) in [5.41, 5.74) is 8.92. The molecule has 5 aromatic carbocycles. The van der Waals surface area contributed by atoms with Crippen LogP contribution in [0.5, 0.6) is 0 Å². The maximum absolute atomic E-state index is 14.4. The average Bonchev–Trinajstić information content (AvgIpc) is 3.70. The van der Waals surface area contributed by atoms with Crippen LogP contribution in [0, 0.1) is 0 Å². The first-order valence-electron chi connectivity index (χ1n) is 16.8. The van der Waals surface area contributed by atoms with Crippen molar-refractivity contribution >= 4 is 17.2 Å². The molecule has 0 unspecified atom stereocenters. The number of alkyl halides is 3. The van der Waals surface area contributed by atoms with Crippen molar-refractivity contribution in [2.24, 2.45) is 0 Å². The SMILES string of the molecule is CC(C)(C)c1ccc2c(c1)Cc1c-2ccc(C(C)(C)C)[c]1/[Zr]([C]1=CC=CC1)=[C](\c1cccc(C(F)(F)F)c1)c1cccc2ccccc12. The fraction of sp³-hybridized carbons (Fsp3) is 0.250. The van der Waals surface area contributed by atoms with Gasteiger partial charge in [0.1, 0.15) is 0 Å². The van der Waals surface area contributed by atoms with Gasteiger partial charge in [-0.3, -0.25) is 0 Å². The molecule has 4 heteroatoms. The molecule has 7 rings (SSSR count). The maximum atomic E-state index is 14.4. The average molecular weight is 718 g/mol. The molecule has 0 aliphatic heterocycles. The molecule has 2 aliphatic rings. The van der Waals surface area contributed by atoms with Crippen LogP contribution in [-0.2, 0) is 44.7 Å². The van der Waals surface area contributed by atoms with Gasteiger partial charge < -0.3 is 0 Å². The van der Waals surface area contributed by atoms with Crippen molar-refractivity contribution in [3.8, 4) is 11.1 Å². The van der Waals surface area contributed by atoms with Gasteiger partial charge in [-0.2, -0.15) is 0 Å². The Balaban J connectivity index is 1.64. The summed E-state index contributed by atoms with van der Waals surface area (Å²) in [4.78, 5) is 0. The van der Waals surface area contributed by atoms with Crippen molar-refractivity contribution in [3.63, 3.8) is 0 Å². The van der Waals surface area contributed by atoms with Crippen molar-refractivity contribution in [3.05, 3.63) is 158 Å². The Labute approximate surface area is 290 Å². The molecule has 0 fully saturated rings. The monoisotopic (exact) mass is 716 g/mol. The molecule has 0 saturated heterocycles. The van der Waals surface area contributed by atoms with Crippen LogP contribution >= 0.6 is 0 Å². The fourth-order valence-electron chi connectivity index (χ4n) is 7.46. The number of rotatable bonds is 4. The van der Waals surface area contributed by atoms with E-state index in [1.165, 1.54) is 52.1 Å². The summed E-state index contributed by atoms with van der Waals surface area (Å²) in [7, 11) is 0. The first-order chi connectivity index (χ1) is 22.7. The van der Waals surface area contributed by atoms with Gasteiger partial charge in [0.2, 0.25) is 0 Å². The second-order valence-electron chi connectivity index (χ2n) is 15.2. The van der Waals surface area contributed by atoms with Gasteiger partial charge in [0, 0.05) is 0 Å². The predicted molar refractivity (Wildman–Crippen MR) is 192 cm³/mol. The summed E-state index contributed by atoms with van der Waals surface area (Å²) in [6.45, 7) is 13.6. The van der Waals surface area contributed by atoms with Crippen molar-refractivity contribution in [1.29, 1.82) is 0 Å². The number of benzene rings is 5. The molecule has 5 aromatic rings. The number of hydrogen-bond acceptors (Lipinski definition) is 0. The van der Waals surface area contributed by atoms with Gasteiger partial charge in [-0.15, -0.1) is 0 Å². The van der Waals surface area contributed by atoms with E-state index in [0.717, 1.165) is 32.4 Å². The van der Waals surface area contributed by atoms with Gasteiger partial charge in [0.15, 0.2) is 0 Å². The molecule has 0 saturated carbocycles. The van der Waals surface area contributed by atoms with Crippen LogP contribution in [0.4, 0.5) is 13.2 Å². The molecular formula is C44H41F3Zr. The zero-order valence-electron chi connectivity index (χ0n) is 28.5. The van der Waals surface area contributed by atoms with E-state index in [2.05, 4.69) is 120 Å². The number of halogens is 3. The van der Waals surface area contributed by atoms with Crippen LogP contribution < -0.4 is 3.27 Å². The molecule has 0 amide bonds. The third kappa shape index (κ3) is 5.96. The molecule has 242 valence electrons. The molecule has 48 heavy (non-hydrogen) atoms. The molecule has 0 bridgehead atoms. The summed E-state index contributed by atoms with van der Waals surface area (Å²) in [5.74, 6) is 0. The van der Waals surface area contributed by atoms with E-state index in [4.69, 9.17) is 0 Å². The second-order valence-corrected chi connectivity index (χ2v) is 21.1. The van der Waals surface area contributed by atoms with Crippen LogP contribution in [0.3, 0.4) is 0 Å². The van der Waals surface area contributed by atoms with Gasteiger partial charge >= 0.3 is 292 Å². The van der Waals surface area contributed by atoms with Crippen LogP contribution in [0.25, 0.3) is 21.9 Å². The minimum atomic E-state index is -4.44. The minimum absolute atomic E-state index is 0.0310. The van der Waals surface area contributed by atoms with Gasteiger partial charge in [-0.25, -0.2) is 0 Å². The van der Waals surface area contributed by atoms with E-state index in [0.29, 0.717) is 5.56 Å². The number of fused-ring (bicyclic) bond motifs is 4. The van der Waals surface area contributed by atoms with Crippen LogP contribution in [0.1, 0.15) is 86.9 Å². The fourth-order valence-corrected chi connectivity index (χ4v) is 16.5. The summed E-state index contributed by atoms with van der Waals surface area (Å²) >= 11 is -3.30. The third-order valence-electron chi connectivity index (χ3n) is 9.88. The van der Waals surface area contributed by atoms with Gasteiger partial charge in [0.25, 0.3) is 0 Å². The summed E-state index contributed by atoms with van der Waals surface area (Å²) < 4.78 is 47.0. The molecular weight excluding hydrogens is 677 g/mol. The molecule has 0 radical (unpaired) electrons. The van der Waals surface area contributed by atoms with Crippen molar-refractivity contribution in [1.82, 2.24) is 0 Å². The Morgan fingerprint density at radius 2 is 1.42 bits per heavy atom. The quantitative estimate of drug-likeness (QED) is 0.170. The third-order valence-corrected chi connectivity index (χ3v) is 17.6. The molecule has 0 heterocycles. The standard InChI is InChI=1S/C21H25.C18H11F3.C5H5.Zr/c1-20(2,3)16-7-9-18-14(12-16)11-15-13-17(21(4,5)6)8-10-19(15)18;19-18(20,21)16-9-3-5-13(12-16)11-15-8-4-7-14-6-1-2-10-17(14)15;1-2-4-5-3-1;/h7-10,12H,11H2,1-6H3;1-10,12H;1-3H,4H2;. The van der Waals surface area contributed by atoms with Crippen LogP contribution in [0.15, 0.2) is 119 Å². The van der Waals surface area contributed by atoms with E-state index in [1.807, 2.05) is 18.2 Å². The number of hydrogen-bond donors (Lipinski definition) is 0. The summed E-state index contributed by atoms with van der Waals surface area (Å²) in [6.07, 6.45) is 3.87. The zero-order valence-corrected chi connectivity index (χ0v) is 31.0. The van der Waals surface area contributed by atoms with E-state index >= 15 is 0 Å².